The number of nitrogens with two attached hydrogens (primary N) is 1. The molecular formula is C11H12N4. The molecule has 0 saturated heterocycles. The van der Waals surface area contributed by atoms with Gasteiger partial charge >= 0.3 is 0 Å². The Morgan fingerprint density at radius 3 is 2.67 bits per heavy atom. The minimum atomic E-state index is 0.469. The van der Waals surface area contributed by atoms with E-state index in [0.29, 0.717) is 24.2 Å². The largest absolute Gasteiger partial charge is 0.398 e. The Kier molecular flexibility index (Phi) is 3.54. The van der Waals surface area contributed by atoms with E-state index in [1.54, 1.807) is 12.1 Å². The van der Waals surface area contributed by atoms with Gasteiger partial charge in [-0.05, 0) is 18.2 Å². The summed E-state index contributed by atoms with van der Waals surface area (Å²) in [6.45, 7) is 0.655. The maximum Gasteiger partial charge on any atom is 0.101 e. The van der Waals surface area contributed by atoms with E-state index in [4.69, 9.17) is 16.3 Å². The Morgan fingerprint density at radius 2 is 2.13 bits per heavy atom. The Balaban J connectivity index is 2.84. The average Bonchev–Trinajstić information content (AvgIpc) is 2.25. The van der Waals surface area contributed by atoms with E-state index in [1.165, 1.54) is 0 Å². The Hall–Kier alpha value is -2.20. The summed E-state index contributed by atoms with van der Waals surface area (Å²) >= 11 is 0. The fourth-order valence-corrected chi connectivity index (χ4v) is 1.24. The van der Waals surface area contributed by atoms with E-state index in [2.05, 4.69) is 6.07 Å². The van der Waals surface area contributed by atoms with Gasteiger partial charge in [-0.1, -0.05) is 0 Å². The van der Waals surface area contributed by atoms with Gasteiger partial charge in [0.05, 0.1) is 23.7 Å². The summed E-state index contributed by atoms with van der Waals surface area (Å²) in [5, 5.41) is 17.2. The predicted molar refractivity (Wildman–Crippen MR) is 59.1 cm³/mol. The van der Waals surface area contributed by atoms with Crippen LogP contribution in [0.25, 0.3) is 0 Å². The highest BCUT2D eigenvalue weighted by Crippen LogP contribution is 2.19. The number of benzene rings is 1. The summed E-state index contributed by atoms with van der Waals surface area (Å²) in [5.74, 6) is 0. The zero-order valence-electron chi connectivity index (χ0n) is 8.57. The number of nitrogen functional groups attached to an aromatic ring is 1. The van der Waals surface area contributed by atoms with Gasteiger partial charge in [0.25, 0.3) is 0 Å². The second-order valence-corrected chi connectivity index (χ2v) is 3.21. The monoisotopic (exact) mass is 200 g/mol. The van der Waals surface area contributed by atoms with Gasteiger partial charge in [-0.15, -0.1) is 0 Å². The molecule has 0 saturated carbocycles. The first-order chi connectivity index (χ1) is 7.19. The highest BCUT2D eigenvalue weighted by Gasteiger charge is 2.03. The van der Waals surface area contributed by atoms with Crippen molar-refractivity contribution in [2.24, 2.45) is 0 Å². The molecule has 4 heteroatoms. The minimum Gasteiger partial charge on any atom is -0.398 e. The summed E-state index contributed by atoms with van der Waals surface area (Å²) < 4.78 is 0. The first-order valence-corrected chi connectivity index (χ1v) is 4.56. The third kappa shape index (κ3) is 2.62. The van der Waals surface area contributed by atoms with E-state index >= 15 is 0 Å². The molecule has 0 atom stereocenters. The molecule has 15 heavy (non-hydrogen) atoms. The van der Waals surface area contributed by atoms with Crippen molar-refractivity contribution in [2.45, 2.75) is 6.42 Å². The first-order valence-electron chi connectivity index (χ1n) is 4.56. The topological polar surface area (TPSA) is 76.8 Å². The Morgan fingerprint density at radius 1 is 1.40 bits per heavy atom. The van der Waals surface area contributed by atoms with Crippen LogP contribution >= 0.6 is 0 Å². The van der Waals surface area contributed by atoms with Crippen LogP contribution in [0, 0.1) is 22.7 Å². The number of nitriles is 2. The minimum absolute atomic E-state index is 0.469. The second kappa shape index (κ2) is 4.88. The molecule has 0 aliphatic heterocycles. The van der Waals surface area contributed by atoms with Gasteiger partial charge in [-0.3, -0.25) is 0 Å². The molecular weight excluding hydrogens is 188 g/mol. The molecule has 2 N–H and O–H groups in total. The van der Waals surface area contributed by atoms with Crippen LogP contribution in [0.15, 0.2) is 18.2 Å². The lowest BCUT2D eigenvalue weighted by Crippen LogP contribution is -2.18. The standard InChI is InChI=1S/C11H12N4/c1-15(6-2-5-12)10-4-3-9(8-13)11(14)7-10/h3-4,7H,2,6,14H2,1H3. The van der Waals surface area contributed by atoms with Crippen LogP contribution in [0.1, 0.15) is 12.0 Å². The molecule has 76 valence electrons. The lowest BCUT2D eigenvalue weighted by molar-refractivity contribution is 0.905. The molecule has 0 radical (unpaired) electrons. The van der Waals surface area contributed by atoms with E-state index in [1.807, 2.05) is 24.1 Å². The van der Waals surface area contributed by atoms with Crippen molar-refractivity contribution < 1.29 is 0 Å². The van der Waals surface area contributed by atoms with E-state index in [-0.39, 0.29) is 0 Å². The van der Waals surface area contributed by atoms with Gasteiger partial charge in [-0.25, -0.2) is 0 Å². The molecule has 1 aromatic rings. The summed E-state index contributed by atoms with van der Waals surface area (Å²) in [7, 11) is 1.89. The first kappa shape index (κ1) is 10.9. The quantitative estimate of drug-likeness (QED) is 0.750. The molecule has 0 bridgehead atoms. The van der Waals surface area contributed by atoms with Crippen molar-refractivity contribution in [3.63, 3.8) is 0 Å². The fraction of sp³-hybridized carbons (Fsp3) is 0.273. The number of hydrogen-bond acceptors (Lipinski definition) is 4. The number of hydrogen-bond donors (Lipinski definition) is 1. The van der Waals surface area contributed by atoms with Crippen LogP contribution < -0.4 is 10.6 Å². The highest BCUT2D eigenvalue weighted by atomic mass is 15.1. The van der Waals surface area contributed by atoms with Crippen molar-refractivity contribution in [1.29, 1.82) is 10.5 Å². The molecule has 0 amide bonds. The summed E-state index contributed by atoms with van der Waals surface area (Å²) in [5.41, 5.74) is 7.55. The summed E-state index contributed by atoms with van der Waals surface area (Å²) in [6.07, 6.45) is 0.469. The zero-order chi connectivity index (χ0) is 11.3. The van der Waals surface area contributed by atoms with Crippen LogP contribution in [0.3, 0.4) is 0 Å². The van der Waals surface area contributed by atoms with Gasteiger partial charge < -0.3 is 10.6 Å². The maximum absolute atomic E-state index is 8.70. The second-order valence-electron chi connectivity index (χ2n) is 3.21. The maximum atomic E-state index is 8.70. The molecule has 0 aliphatic carbocycles. The van der Waals surface area contributed by atoms with Crippen molar-refractivity contribution in [3.05, 3.63) is 23.8 Å². The van der Waals surface area contributed by atoms with E-state index < -0.39 is 0 Å². The fourth-order valence-electron chi connectivity index (χ4n) is 1.24. The predicted octanol–water partition coefficient (Wildman–Crippen LogP) is 1.49. The lowest BCUT2D eigenvalue weighted by atomic mass is 10.1. The van der Waals surface area contributed by atoms with Crippen LogP contribution in [0.2, 0.25) is 0 Å². The van der Waals surface area contributed by atoms with E-state index in [9.17, 15) is 0 Å². The number of nitrogens with zero attached hydrogens (tertiary/aromatic N) is 3. The summed E-state index contributed by atoms with van der Waals surface area (Å²) in [6, 6.07) is 9.35. The molecule has 0 spiro atoms. The SMILES string of the molecule is CN(CCC#N)c1ccc(C#N)c(N)c1. The van der Waals surface area contributed by atoms with Gasteiger partial charge in [0.1, 0.15) is 6.07 Å². The van der Waals surface area contributed by atoms with E-state index in [0.717, 1.165) is 5.69 Å². The van der Waals surface area contributed by atoms with Crippen molar-refractivity contribution in [1.82, 2.24) is 0 Å². The molecule has 0 fully saturated rings. The normalized spacial score (nSPS) is 9.00. The van der Waals surface area contributed by atoms with Crippen molar-refractivity contribution >= 4 is 11.4 Å². The molecule has 1 rings (SSSR count). The van der Waals surface area contributed by atoms with Crippen molar-refractivity contribution in [3.8, 4) is 12.1 Å². The highest BCUT2D eigenvalue weighted by molar-refractivity contribution is 5.63. The smallest absolute Gasteiger partial charge is 0.101 e. The molecule has 0 unspecified atom stereocenters. The van der Waals surface area contributed by atoms with Crippen LogP contribution in [-0.4, -0.2) is 13.6 Å². The Bertz CT molecular complexity index is 425. The van der Waals surface area contributed by atoms with Gasteiger partial charge in [0.15, 0.2) is 0 Å². The van der Waals surface area contributed by atoms with Gasteiger partial charge in [-0.2, -0.15) is 10.5 Å². The van der Waals surface area contributed by atoms with Crippen LogP contribution in [0.5, 0.6) is 0 Å². The molecule has 4 nitrogen and oxygen atoms in total. The van der Waals surface area contributed by atoms with Crippen LogP contribution in [0.4, 0.5) is 11.4 Å². The van der Waals surface area contributed by atoms with Crippen LogP contribution in [-0.2, 0) is 0 Å². The molecule has 0 aliphatic rings. The number of rotatable bonds is 3. The summed E-state index contributed by atoms with van der Waals surface area (Å²) in [4.78, 5) is 1.93. The van der Waals surface area contributed by atoms with Gasteiger partial charge in [0, 0.05) is 19.3 Å². The average molecular weight is 200 g/mol. The molecule has 1 aromatic carbocycles. The third-order valence-corrected chi connectivity index (χ3v) is 2.16. The lowest BCUT2D eigenvalue weighted by Gasteiger charge is -2.18. The number of anilines is 2. The van der Waals surface area contributed by atoms with Crippen molar-refractivity contribution in [2.75, 3.05) is 24.2 Å². The third-order valence-electron chi connectivity index (χ3n) is 2.16. The molecule has 0 heterocycles. The molecule has 0 aromatic heterocycles. The van der Waals surface area contributed by atoms with Gasteiger partial charge in [0.2, 0.25) is 0 Å². The zero-order valence-corrected chi connectivity index (χ0v) is 8.57. The Labute approximate surface area is 89.1 Å².